The van der Waals surface area contributed by atoms with Crippen molar-refractivity contribution in [2.45, 2.75) is 0 Å². The topological polar surface area (TPSA) is 64.0 Å². The highest BCUT2D eigenvalue weighted by molar-refractivity contribution is 5.55. The summed E-state index contributed by atoms with van der Waals surface area (Å²) in [4.78, 5) is 18.5. The molecular formula is C11H13N5O. The van der Waals surface area contributed by atoms with Crippen molar-refractivity contribution in [2.24, 2.45) is 0 Å². The Morgan fingerprint density at radius 1 is 1.06 bits per heavy atom. The first-order chi connectivity index (χ1) is 8.20. The van der Waals surface area contributed by atoms with Crippen LogP contribution in [0, 0.1) is 0 Å². The highest BCUT2D eigenvalue weighted by Gasteiger charge is 2.09. The van der Waals surface area contributed by atoms with E-state index in [0.717, 1.165) is 5.56 Å². The van der Waals surface area contributed by atoms with Gasteiger partial charge in [0.1, 0.15) is 0 Å². The van der Waals surface area contributed by atoms with Crippen molar-refractivity contribution >= 4 is 5.95 Å². The molecule has 2 rings (SSSR count). The zero-order valence-corrected chi connectivity index (χ0v) is 9.95. The van der Waals surface area contributed by atoms with Gasteiger partial charge >= 0.3 is 6.01 Å². The van der Waals surface area contributed by atoms with Gasteiger partial charge in [-0.05, 0) is 12.1 Å². The van der Waals surface area contributed by atoms with Gasteiger partial charge < -0.3 is 9.64 Å². The van der Waals surface area contributed by atoms with E-state index in [-0.39, 0.29) is 0 Å². The van der Waals surface area contributed by atoms with Crippen LogP contribution in [-0.4, -0.2) is 41.1 Å². The van der Waals surface area contributed by atoms with E-state index < -0.39 is 0 Å². The van der Waals surface area contributed by atoms with Gasteiger partial charge in [-0.1, -0.05) is 0 Å². The molecule has 0 saturated heterocycles. The van der Waals surface area contributed by atoms with Crippen LogP contribution in [0.1, 0.15) is 0 Å². The second-order valence-corrected chi connectivity index (χ2v) is 3.58. The van der Waals surface area contributed by atoms with E-state index in [9.17, 15) is 0 Å². The van der Waals surface area contributed by atoms with E-state index >= 15 is 0 Å². The highest BCUT2D eigenvalue weighted by Crippen LogP contribution is 2.18. The molecule has 0 aliphatic rings. The molecule has 0 saturated carbocycles. The maximum Gasteiger partial charge on any atom is 0.321 e. The molecule has 2 aromatic heterocycles. The van der Waals surface area contributed by atoms with Crippen molar-refractivity contribution in [3.05, 3.63) is 24.5 Å². The minimum atomic E-state index is 0.301. The third-order valence-corrected chi connectivity index (χ3v) is 2.12. The van der Waals surface area contributed by atoms with Crippen LogP contribution in [0.5, 0.6) is 6.01 Å². The maximum atomic E-state index is 5.06. The Morgan fingerprint density at radius 3 is 2.35 bits per heavy atom. The summed E-state index contributed by atoms with van der Waals surface area (Å²) in [5.74, 6) is 1.13. The Morgan fingerprint density at radius 2 is 1.76 bits per heavy atom. The summed E-state index contributed by atoms with van der Waals surface area (Å²) in [6.45, 7) is 0. The Labute approximate surface area is 99.3 Å². The second-order valence-electron chi connectivity index (χ2n) is 3.58. The van der Waals surface area contributed by atoms with Crippen LogP contribution in [-0.2, 0) is 0 Å². The Hall–Kier alpha value is -2.24. The summed E-state index contributed by atoms with van der Waals surface area (Å²) in [6.07, 6.45) is 3.39. The van der Waals surface area contributed by atoms with Crippen LogP contribution in [0.15, 0.2) is 24.5 Å². The molecule has 2 heterocycles. The fraction of sp³-hybridized carbons (Fsp3) is 0.273. The van der Waals surface area contributed by atoms with Gasteiger partial charge in [-0.15, -0.1) is 0 Å². The lowest BCUT2D eigenvalue weighted by Crippen LogP contribution is -2.14. The number of hydrogen-bond donors (Lipinski definition) is 0. The molecule has 0 atom stereocenters. The van der Waals surface area contributed by atoms with Crippen LogP contribution in [0.3, 0.4) is 0 Å². The molecule has 0 fully saturated rings. The number of nitrogens with zero attached hydrogens (tertiary/aromatic N) is 5. The predicted octanol–water partition coefficient (Wildman–Crippen LogP) is 1.01. The van der Waals surface area contributed by atoms with E-state index in [2.05, 4.69) is 19.9 Å². The Balaban J connectivity index is 2.50. The van der Waals surface area contributed by atoms with E-state index in [1.165, 1.54) is 7.11 Å². The van der Waals surface area contributed by atoms with Gasteiger partial charge in [-0.25, -0.2) is 0 Å². The molecule has 0 unspecified atom stereocenters. The molecular weight excluding hydrogens is 218 g/mol. The summed E-state index contributed by atoms with van der Waals surface area (Å²) in [5.41, 5.74) is 0.879. The number of methoxy groups -OCH3 is 1. The summed E-state index contributed by atoms with van der Waals surface area (Å²) >= 11 is 0. The number of ether oxygens (including phenoxy) is 1. The normalized spacial score (nSPS) is 10.1. The van der Waals surface area contributed by atoms with Crippen molar-refractivity contribution in [3.63, 3.8) is 0 Å². The second kappa shape index (κ2) is 4.73. The van der Waals surface area contributed by atoms with Gasteiger partial charge in [0.15, 0.2) is 5.82 Å². The first-order valence-corrected chi connectivity index (χ1v) is 5.08. The van der Waals surface area contributed by atoms with Crippen molar-refractivity contribution in [1.82, 2.24) is 19.9 Å². The van der Waals surface area contributed by atoms with E-state index in [0.29, 0.717) is 17.8 Å². The molecule has 0 aliphatic heterocycles. The molecule has 88 valence electrons. The zero-order chi connectivity index (χ0) is 12.3. The average molecular weight is 231 g/mol. The third kappa shape index (κ3) is 2.47. The average Bonchev–Trinajstić information content (AvgIpc) is 2.39. The van der Waals surface area contributed by atoms with Gasteiger partial charge in [0, 0.05) is 32.1 Å². The third-order valence-electron chi connectivity index (χ3n) is 2.12. The van der Waals surface area contributed by atoms with Gasteiger partial charge in [0.25, 0.3) is 0 Å². The van der Waals surface area contributed by atoms with Crippen molar-refractivity contribution in [2.75, 3.05) is 26.1 Å². The monoisotopic (exact) mass is 231 g/mol. The summed E-state index contributed by atoms with van der Waals surface area (Å²) in [7, 11) is 5.27. The van der Waals surface area contributed by atoms with Gasteiger partial charge in [-0.2, -0.15) is 15.0 Å². The zero-order valence-electron chi connectivity index (χ0n) is 9.95. The van der Waals surface area contributed by atoms with Crippen LogP contribution < -0.4 is 9.64 Å². The summed E-state index contributed by atoms with van der Waals surface area (Å²) in [6, 6.07) is 3.98. The lowest BCUT2D eigenvalue weighted by Gasteiger charge is -2.11. The van der Waals surface area contributed by atoms with Crippen LogP contribution in [0.4, 0.5) is 5.95 Å². The van der Waals surface area contributed by atoms with Gasteiger partial charge in [0.05, 0.1) is 7.11 Å². The molecule has 2 aromatic rings. The highest BCUT2D eigenvalue weighted by atomic mass is 16.5. The number of anilines is 1. The molecule has 0 aromatic carbocycles. The van der Waals surface area contributed by atoms with Gasteiger partial charge in [0.2, 0.25) is 5.95 Å². The lowest BCUT2D eigenvalue weighted by molar-refractivity contribution is 0.379. The molecule has 0 spiro atoms. The summed E-state index contributed by atoms with van der Waals surface area (Å²) < 4.78 is 5.06. The minimum absolute atomic E-state index is 0.301. The van der Waals surface area contributed by atoms with Crippen molar-refractivity contribution in [3.8, 4) is 17.4 Å². The van der Waals surface area contributed by atoms with Gasteiger partial charge in [-0.3, -0.25) is 4.98 Å². The largest absolute Gasteiger partial charge is 0.467 e. The molecule has 0 N–H and O–H groups in total. The van der Waals surface area contributed by atoms with Crippen molar-refractivity contribution in [1.29, 1.82) is 0 Å². The van der Waals surface area contributed by atoms with Crippen LogP contribution >= 0.6 is 0 Å². The molecule has 17 heavy (non-hydrogen) atoms. The molecule has 0 amide bonds. The smallest absolute Gasteiger partial charge is 0.321 e. The molecule has 0 aliphatic carbocycles. The minimum Gasteiger partial charge on any atom is -0.467 e. The molecule has 0 radical (unpaired) electrons. The number of rotatable bonds is 3. The quantitative estimate of drug-likeness (QED) is 0.785. The number of pyridine rings is 1. The lowest BCUT2D eigenvalue weighted by atomic mass is 10.2. The fourth-order valence-electron chi connectivity index (χ4n) is 1.27. The predicted molar refractivity (Wildman–Crippen MR) is 63.9 cm³/mol. The molecule has 6 nitrogen and oxygen atoms in total. The van der Waals surface area contributed by atoms with E-state index in [1.54, 1.807) is 17.3 Å². The Kier molecular flexibility index (Phi) is 3.13. The molecule has 0 bridgehead atoms. The first kappa shape index (κ1) is 11.3. The number of hydrogen-bond acceptors (Lipinski definition) is 6. The van der Waals surface area contributed by atoms with Crippen LogP contribution in [0.2, 0.25) is 0 Å². The first-order valence-electron chi connectivity index (χ1n) is 5.08. The Bertz CT molecular complexity index is 500. The van der Waals surface area contributed by atoms with Crippen LogP contribution in [0.25, 0.3) is 11.4 Å². The van der Waals surface area contributed by atoms with Crippen molar-refractivity contribution < 1.29 is 4.74 Å². The SMILES string of the molecule is COc1nc(-c2ccncc2)nc(N(C)C)n1. The maximum absolute atomic E-state index is 5.06. The standard InChI is InChI=1S/C11H13N5O/c1-16(2)10-13-9(14-11(15-10)17-3)8-4-6-12-7-5-8/h4-7H,1-3H3. The fourth-order valence-corrected chi connectivity index (χ4v) is 1.27. The molecule has 6 heteroatoms. The van der Waals surface area contributed by atoms with E-state index in [1.807, 2.05) is 26.2 Å². The summed E-state index contributed by atoms with van der Waals surface area (Å²) in [5, 5.41) is 0. The van der Waals surface area contributed by atoms with E-state index in [4.69, 9.17) is 4.74 Å². The number of aromatic nitrogens is 4.